The fourth-order valence-electron chi connectivity index (χ4n) is 2.62. The smallest absolute Gasteiger partial charge is 0.141 e. The van der Waals surface area contributed by atoms with E-state index < -0.39 is 0 Å². The van der Waals surface area contributed by atoms with Gasteiger partial charge in [-0.15, -0.1) is 0 Å². The lowest BCUT2D eigenvalue weighted by molar-refractivity contribution is 0.191. The van der Waals surface area contributed by atoms with E-state index in [1.165, 1.54) is 12.8 Å². The number of nitrogens with one attached hydrogen (secondary N) is 1. The zero-order valence-electron chi connectivity index (χ0n) is 11.6. The van der Waals surface area contributed by atoms with Gasteiger partial charge in [-0.2, -0.15) is 5.10 Å². The number of nitrogens with zero attached hydrogens (tertiary/aromatic N) is 4. The van der Waals surface area contributed by atoms with E-state index >= 15 is 0 Å². The highest BCUT2D eigenvalue weighted by Gasteiger charge is 2.23. The summed E-state index contributed by atoms with van der Waals surface area (Å²) in [5.74, 6) is 1.11. The van der Waals surface area contributed by atoms with Gasteiger partial charge in [0.15, 0.2) is 0 Å². The van der Waals surface area contributed by atoms with E-state index in [2.05, 4.69) is 34.1 Å². The Morgan fingerprint density at radius 2 is 2.33 bits per heavy atom. The van der Waals surface area contributed by atoms with Crippen molar-refractivity contribution in [2.45, 2.75) is 52.2 Å². The zero-order chi connectivity index (χ0) is 12.8. The Labute approximate surface area is 110 Å². The van der Waals surface area contributed by atoms with Crippen molar-refractivity contribution in [1.82, 2.24) is 25.0 Å². The minimum atomic E-state index is 0.664. The van der Waals surface area contributed by atoms with Crippen LogP contribution < -0.4 is 5.32 Å². The van der Waals surface area contributed by atoms with Crippen LogP contribution in [0.2, 0.25) is 0 Å². The van der Waals surface area contributed by atoms with E-state index in [0.717, 1.165) is 45.0 Å². The van der Waals surface area contributed by atoms with E-state index in [4.69, 9.17) is 0 Å². The number of hydrogen-bond donors (Lipinski definition) is 1. The molecular weight excluding hydrogens is 226 g/mol. The van der Waals surface area contributed by atoms with Gasteiger partial charge in [-0.05, 0) is 32.4 Å². The Morgan fingerprint density at radius 3 is 3.00 bits per heavy atom. The quantitative estimate of drug-likeness (QED) is 0.792. The lowest BCUT2D eigenvalue weighted by Crippen LogP contribution is -2.37. The molecule has 0 spiro atoms. The van der Waals surface area contributed by atoms with Crippen LogP contribution in [0.25, 0.3) is 0 Å². The monoisotopic (exact) mass is 251 g/mol. The molecular formula is C13H25N5. The Kier molecular flexibility index (Phi) is 5.13. The van der Waals surface area contributed by atoms with Gasteiger partial charge in [-0.25, -0.2) is 9.67 Å². The lowest BCUT2D eigenvalue weighted by Gasteiger charge is -2.27. The second kappa shape index (κ2) is 6.85. The van der Waals surface area contributed by atoms with Gasteiger partial charge in [0.05, 0.1) is 6.54 Å². The topological polar surface area (TPSA) is 46.0 Å². The van der Waals surface area contributed by atoms with Gasteiger partial charge in [-0.1, -0.05) is 13.8 Å². The summed E-state index contributed by atoms with van der Waals surface area (Å²) in [5.41, 5.74) is 0. The molecule has 0 bridgehead atoms. The fraction of sp³-hybridized carbons (Fsp3) is 0.846. The molecule has 0 aliphatic carbocycles. The van der Waals surface area contributed by atoms with Crippen molar-refractivity contribution in [3.63, 3.8) is 0 Å². The van der Waals surface area contributed by atoms with E-state index in [-0.39, 0.29) is 0 Å². The highest BCUT2D eigenvalue weighted by molar-refractivity contribution is 4.89. The summed E-state index contributed by atoms with van der Waals surface area (Å²) in [4.78, 5) is 6.97. The highest BCUT2D eigenvalue weighted by atomic mass is 15.4. The number of aromatic nitrogens is 3. The van der Waals surface area contributed by atoms with Crippen molar-refractivity contribution in [3.05, 3.63) is 12.2 Å². The standard InChI is InChI=1S/C13H25N5/c1-3-7-17(12-5-6-14-9-12)10-13-15-11-16-18(13)8-4-2/h11-12,14H,3-10H2,1-2H3. The van der Waals surface area contributed by atoms with Crippen LogP contribution >= 0.6 is 0 Å². The molecule has 18 heavy (non-hydrogen) atoms. The molecule has 102 valence electrons. The first-order valence-electron chi connectivity index (χ1n) is 7.16. The van der Waals surface area contributed by atoms with Crippen LogP contribution in [0.4, 0.5) is 0 Å². The third-order valence-electron chi connectivity index (χ3n) is 3.54. The largest absolute Gasteiger partial charge is 0.315 e. The molecule has 1 aromatic heterocycles. The molecule has 5 heteroatoms. The van der Waals surface area contributed by atoms with Crippen LogP contribution in [-0.2, 0) is 13.1 Å². The summed E-state index contributed by atoms with van der Waals surface area (Å²) >= 11 is 0. The van der Waals surface area contributed by atoms with Crippen LogP contribution in [0.3, 0.4) is 0 Å². The van der Waals surface area contributed by atoms with Gasteiger partial charge in [0.2, 0.25) is 0 Å². The molecule has 1 unspecified atom stereocenters. The fourth-order valence-corrected chi connectivity index (χ4v) is 2.62. The SMILES string of the molecule is CCCN(Cc1ncnn1CCC)C1CCNC1. The van der Waals surface area contributed by atoms with Crippen LogP contribution in [0.5, 0.6) is 0 Å². The normalized spacial score (nSPS) is 19.8. The molecule has 0 aromatic carbocycles. The maximum atomic E-state index is 4.42. The van der Waals surface area contributed by atoms with Gasteiger partial charge in [0.25, 0.3) is 0 Å². The second-order valence-corrected chi connectivity index (χ2v) is 5.02. The van der Waals surface area contributed by atoms with Crippen molar-refractivity contribution in [1.29, 1.82) is 0 Å². The Balaban J connectivity index is 2.00. The molecule has 2 heterocycles. The summed E-state index contributed by atoms with van der Waals surface area (Å²) in [5, 5.41) is 7.76. The van der Waals surface area contributed by atoms with Crippen molar-refractivity contribution < 1.29 is 0 Å². The number of rotatable bonds is 7. The van der Waals surface area contributed by atoms with Gasteiger partial charge >= 0.3 is 0 Å². The summed E-state index contributed by atoms with van der Waals surface area (Å²) in [6, 6.07) is 0.664. The molecule has 0 saturated carbocycles. The van der Waals surface area contributed by atoms with Crippen molar-refractivity contribution in [3.8, 4) is 0 Å². The van der Waals surface area contributed by atoms with Crippen LogP contribution in [0.15, 0.2) is 6.33 Å². The molecule has 0 radical (unpaired) electrons. The highest BCUT2D eigenvalue weighted by Crippen LogP contribution is 2.12. The maximum absolute atomic E-state index is 4.42. The Hall–Kier alpha value is -0.940. The third kappa shape index (κ3) is 3.29. The molecule has 1 aliphatic rings. The first kappa shape index (κ1) is 13.5. The zero-order valence-corrected chi connectivity index (χ0v) is 11.6. The summed E-state index contributed by atoms with van der Waals surface area (Å²) in [6.45, 7) is 9.72. The predicted molar refractivity (Wildman–Crippen MR) is 72.3 cm³/mol. The third-order valence-corrected chi connectivity index (χ3v) is 3.54. The van der Waals surface area contributed by atoms with Crippen molar-refractivity contribution >= 4 is 0 Å². The van der Waals surface area contributed by atoms with Gasteiger partial charge in [0, 0.05) is 19.1 Å². The molecule has 1 atom stereocenters. The summed E-state index contributed by atoms with van der Waals surface area (Å²) in [6.07, 6.45) is 5.23. The molecule has 1 N–H and O–H groups in total. The van der Waals surface area contributed by atoms with E-state index in [0.29, 0.717) is 6.04 Å². The molecule has 1 fully saturated rings. The average molecular weight is 251 g/mol. The van der Waals surface area contributed by atoms with Gasteiger partial charge < -0.3 is 5.32 Å². The lowest BCUT2D eigenvalue weighted by atomic mass is 10.2. The Morgan fingerprint density at radius 1 is 1.44 bits per heavy atom. The molecule has 2 rings (SSSR count). The molecule has 1 aliphatic heterocycles. The van der Waals surface area contributed by atoms with Crippen LogP contribution in [-0.4, -0.2) is 45.3 Å². The molecule has 1 saturated heterocycles. The van der Waals surface area contributed by atoms with Crippen molar-refractivity contribution in [2.75, 3.05) is 19.6 Å². The van der Waals surface area contributed by atoms with Gasteiger partial charge in [0.1, 0.15) is 12.2 Å². The molecule has 1 aromatic rings. The van der Waals surface area contributed by atoms with Crippen molar-refractivity contribution in [2.24, 2.45) is 0 Å². The summed E-state index contributed by atoms with van der Waals surface area (Å²) in [7, 11) is 0. The minimum absolute atomic E-state index is 0.664. The average Bonchev–Trinajstić information content (AvgIpc) is 3.01. The van der Waals surface area contributed by atoms with Gasteiger partial charge in [-0.3, -0.25) is 4.90 Å². The second-order valence-electron chi connectivity index (χ2n) is 5.02. The first-order valence-corrected chi connectivity index (χ1v) is 7.16. The van der Waals surface area contributed by atoms with E-state index in [9.17, 15) is 0 Å². The minimum Gasteiger partial charge on any atom is -0.315 e. The number of hydrogen-bond acceptors (Lipinski definition) is 4. The number of aryl methyl sites for hydroxylation is 1. The molecule has 0 amide bonds. The maximum Gasteiger partial charge on any atom is 0.141 e. The molecule has 5 nitrogen and oxygen atoms in total. The van der Waals surface area contributed by atoms with E-state index in [1.807, 2.05) is 4.68 Å². The van der Waals surface area contributed by atoms with Crippen LogP contribution in [0, 0.1) is 0 Å². The Bertz CT molecular complexity index is 343. The first-order chi connectivity index (χ1) is 8.85. The van der Waals surface area contributed by atoms with Crippen LogP contribution in [0.1, 0.15) is 38.9 Å². The summed E-state index contributed by atoms with van der Waals surface area (Å²) < 4.78 is 2.05. The predicted octanol–water partition coefficient (Wildman–Crippen LogP) is 1.26. The van der Waals surface area contributed by atoms with E-state index in [1.54, 1.807) is 6.33 Å².